The average Bonchev–Trinajstić information content (AvgIpc) is 3.40. The Morgan fingerprint density at radius 3 is 1.15 bits per heavy atom. The Kier molecular flexibility index (Phi) is 42.0. The number of benzene rings is 3. The molecule has 0 aromatic heterocycles. The van der Waals surface area contributed by atoms with Gasteiger partial charge in [-0.2, -0.15) is 0 Å². The largest absolute Gasteiger partial charge is 0.396 e. The molecule has 4 rings (SSSR count). The molecule has 1 saturated heterocycles. The van der Waals surface area contributed by atoms with Crippen LogP contribution in [0.4, 0.5) is 0 Å². The maximum atomic E-state index is 11.2. The second-order valence-electron chi connectivity index (χ2n) is 17.8. The molecule has 0 bridgehead atoms. The summed E-state index contributed by atoms with van der Waals surface area (Å²) in [6, 6.07) is 29.9. The molecule has 390 valence electrons. The second kappa shape index (κ2) is 42.6. The van der Waals surface area contributed by atoms with Gasteiger partial charge in [-0.3, -0.25) is 0 Å². The molecule has 3 aromatic rings. The normalized spacial score (nSPS) is 13.8. The van der Waals surface area contributed by atoms with Gasteiger partial charge in [0.1, 0.15) is 0 Å². The van der Waals surface area contributed by atoms with Crippen molar-refractivity contribution in [1.82, 2.24) is 0 Å². The Labute approximate surface area is 429 Å². The van der Waals surface area contributed by atoms with E-state index in [-0.39, 0.29) is 39.6 Å². The van der Waals surface area contributed by atoms with E-state index in [2.05, 4.69) is 55.8 Å². The molecule has 1 aliphatic heterocycles. The quantitative estimate of drug-likeness (QED) is 0.0245. The first kappa shape index (κ1) is 67.1. The maximum absolute atomic E-state index is 11.2. The molecule has 0 saturated carbocycles. The van der Waals surface area contributed by atoms with Gasteiger partial charge in [0.25, 0.3) is 0 Å². The van der Waals surface area contributed by atoms with Crippen molar-refractivity contribution in [3.05, 3.63) is 108 Å². The van der Waals surface area contributed by atoms with Crippen LogP contribution in [0.5, 0.6) is 0 Å². The number of hydrogen-bond acceptors (Lipinski definition) is 13. The third-order valence-electron chi connectivity index (χ3n) is 11.4. The van der Waals surface area contributed by atoms with Crippen LogP contribution in [0.3, 0.4) is 0 Å². The maximum Gasteiger partial charge on any atom is 0.0717 e. The summed E-state index contributed by atoms with van der Waals surface area (Å²) in [5.74, 6) is 0. The van der Waals surface area contributed by atoms with Crippen LogP contribution in [0, 0.1) is 16.2 Å². The van der Waals surface area contributed by atoms with Crippen LogP contribution in [0.15, 0.2) is 91.0 Å². The van der Waals surface area contributed by atoms with Gasteiger partial charge < -0.3 is 40.1 Å². The first-order valence-electron chi connectivity index (χ1n) is 24.4. The Morgan fingerprint density at radius 2 is 0.882 bits per heavy atom. The number of rotatable bonds is 29. The van der Waals surface area contributed by atoms with Crippen molar-refractivity contribution in [2.24, 2.45) is 16.2 Å². The summed E-state index contributed by atoms with van der Waals surface area (Å²) in [7, 11) is 0. The molecule has 0 amide bonds. The standard InChI is InChI=1S/C19H24O4.C7H7Br.C5H12O4.C5H10O4.4C4H9.O.2Sn/c20-13-19(14-21,15-22-11-17-7-3-1-4-8-17)16-23-12-18-9-5-2-6-10-18;8-6-7-4-2-1-3-5-7;2*6-1-5(2-7,3-8)4-9;4*1-3-4-2;;;/h1-10,20-21H,11-16H2;1-5H,6H2;6-9H,1-4H2;6-7H,1-4H2;4*1,3-4H2,2H3;;;/q;;;-2;;;;;;;+2. The van der Waals surface area contributed by atoms with E-state index >= 15 is 0 Å². The van der Waals surface area contributed by atoms with E-state index < -0.39 is 81.6 Å². The first-order chi connectivity index (χ1) is 32.9. The summed E-state index contributed by atoms with van der Waals surface area (Å²) in [6.07, 6.45) is 9.49. The van der Waals surface area contributed by atoms with Crippen LogP contribution in [-0.4, -0.2) is 159 Å². The first-order valence-corrected chi connectivity index (χ1v) is 37.1. The van der Waals surface area contributed by atoms with Gasteiger partial charge in [0.2, 0.25) is 0 Å². The van der Waals surface area contributed by atoms with Crippen molar-refractivity contribution in [2.45, 2.75) is 115 Å². The van der Waals surface area contributed by atoms with Crippen LogP contribution in [-0.2, 0) is 37.2 Å². The third-order valence-corrected chi connectivity index (χ3v) is 27.5. The van der Waals surface area contributed by atoms with Gasteiger partial charge in [0.05, 0.1) is 76.9 Å². The molecular formula is C52H89BrO13Sn2. The average molecular weight is 1240 g/mol. The molecule has 1 fully saturated rings. The van der Waals surface area contributed by atoms with E-state index in [0.717, 1.165) is 34.2 Å². The molecule has 0 radical (unpaired) electrons. The monoisotopic (exact) mass is 1240 g/mol. The predicted octanol–water partition coefficient (Wildman–Crippen LogP) is 7.97. The summed E-state index contributed by atoms with van der Waals surface area (Å²) in [5, 5.41) is 73.0. The topological polar surface area (TPSA) is 216 Å². The third kappa shape index (κ3) is 29.5. The van der Waals surface area contributed by atoms with E-state index in [1.165, 1.54) is 56.9 Å². The molecule has 68 heavy (non-hydrogen) atoms. The van der Waals surface area contributed by atoms with E-state index in [1.54, 1.807) is 0 Å². The fourth-order valence-corrected chi connectivity index (χ4v) is 22.4. The molecular weight excluding hydrogens is 1150 g/mol. The molecule has 1 heterocycles. The molecule has 0 spiro atoms. The van der Waals surface area contributed by atoms with Gasteiger partial charge >= 0.3 is 187 Å². The minimum atomic E-state index is -2.88. The van der Waals surface area contributed by atoms with E-state index in [4.69, 9.17) is 36.0 Å². The van der Waals surface area contributed by atoms with Crippen molar-refractivity contribution in [3.8, 4) is 0 Å². The Bertz CT molecular complexity index is 1470. The zero-order valence-corrected chi connectivity index (χ0v) is 49.0. The van der Waals surface area contributed by atoms with Gasteiger partial charge in [-0.25, -0.2) is 0 Å². The van der Waals surface area contributed by atoms with Gasteiger partial charge in [0, 0.05) is 5.33 Å². The SMILES string of the molecule is BrCc1ccccc1.CCC[CH2][Sn](=[O])[CH2]CCC.CCC[CH2][Sn]1([CH2]CCC)[O]CC(CO)(CO)C[O]1.OCC(CO)(CO)CO.OCC(CO)(COCc1ccccc1)COCc1ccccc1. The van der Waals surface area contributed by atoms with Gasteiger partial charge in [0.15, 0.2) is 0 Å². The zero-order valence-electron chi connectivity index (χ0n) is 41.7. The van der Waals surface area contributed by atoms with Gasteiger partial charge in [-0.05, 0) is 16.7 Å². The number of hydrogen-bond donors (Lipinski definition) is 8. The molecule has 0 aliphatic carbocycles. The summed E-state index contributed by atoms with van der Waals surface area (Å²) in [4.78, 5) is 0. The van der Waals surface area contributed by atoms with Crippen LogP contribution < -0.4 is 0 Å². The molecule has 13 nitrogen and oxygen atoms in total. The number of aliphatic hydroxyl groups excluding tert-OH is 8. The minimum absolute atomic E-state index is 0.0625. The predicted molar refractivity (Wildman–Crippen MR) is 278 cm³/mol. The molecule has 0 unspecified atom stereocenters. The fraction of sp³-hybridized carbons (Fsp3) is 0.654. The number of ether oxygens (including phenoxy) is 2. The molecule has 0 atom stereocenters. The van der Waals surface area contributed by atoms with E-state index in [9.17, 15) is 23.5 Å². The Morgan fingerprint density at radius 1 is 0.544 bits per heavy atom. The van der Waals surface area contributed by atoms with Crippen LogP contribution in [0.1, 0.15) is 95.8 Å². The zero-order chi connectivity index (χ0) is 50.8. The summed E-state index contributed by atoms with van der Waals surface area (Å²) >= 11 is -1.51. The van der Waals surface area contributed by atoms with Crippen LogP contribution in [0.2, 0.25) is 17.7 Å². The Balaban J connectivity index is 0.000000883. The van der Waals surface area contributed by atoms with Crippen molar-refractivity contribution in [1.29, 1.82) is 0 Å². The Hall–Kier alpha value is -0.943. The van der Waals surface area contributed by atoms with Crippen molar-refractivity contribution in [2.75, 3.05) is 79.3 Å². The number of unbranched alkanes of at least 4 members (excludes halogenated alkanes) is 4. The van der Waals surface area contributed by atoms with Crippen LogP contribution in [0.25, 0.3) is 0 Å². The second-order valence-corrected chi connectivity index (χ2v) is 34.0. The molecule has 16 heteroatoms. The summed E-state index contributed by atoms with van der Waals surface area (Å²) in [6.45, 7) is 8.90. The molecule has 8 N–H and O–H groups in total. The molecule has 1 aliphatic rings. The number of halogens is 1. The smallest absolute Gasteiger partial charge is 0.0717 e. The number of aliphatic hydroxyl groups is 8. The molecule has 3 aromatic carbocycles. The van der Waals surface area contributed by atoms with Crippen molar-refractivity contribution in [3.63, 3.8) is 0 Å². The summed E-state index contributed by atoms with van der Waals surface area (Å²) in [5.41, 5.74) is 0.972. The van der Waals surface area contributed by atoms with E-state index in [1.807, 2.05) is 78.9 Å². The summed E-state index contributed by atoms with van der Waals surface area (Å²) < 4.78 is 39.2. The fourth-order valence-electron chi connectivity index (χ4n) is 6.12. The number of alkyl halides is 1. The minimum Gasteiger partial charge on any atom is -0.396 e. The van der Waals surface area contributed by atoms with Gasteiger partial charge in [-0.1, -0.05) is 107 Å². The van der Waals surface area contributed by atoms with Gasteiger partial charge in [-0.15, -0.1) is 0 Å². The van der Waals surface area contributed by atoms with Crippen molar-refractivity contribution < 1.29 is 59.6 Å². The van der Waals surface area contributed by atoms with E-state index in [0.29, 0.717) is 26.4 Å². The van der Waals surface area contributed by atoms with Crippen molar-refractivity contribution >= 4 is 54.9 Å². The van der Waals surface area contributed by atoms with Crippen LogP contribution >= 0.6 is 15.9 Å².